The molecule has 0 aliphatic heterocycles. The van der Waals surface area contributed by atoms with Gasteiger partial charge in [0.1, 0.15) is 5.78 Å². The monoisotopic (exact) mass is 321 g/mol. The van der Waals surface area contributed by atoms with Crippen LogP contribution >= 0.6 is 0 Å². The summed E-state index contributed by atoms with van der Waals surface area (Å²) in [7, 11) is 1.37. The van der Waals surface area contributed by atoms with Gasteiger partial charge >= 0.3 is 5.97 Å². The van der Waals surface area contributed by atoms with Crippen LogP contribution in [0.1, 0.15) is 40.9 Å². The van der Waals surface area contributed by atoms with Crippen LogP contribution in [-0.2, 0) is 9.53 Å². The van der Waals surface area contributed by atoms with E-state index < -0.39 is 5.97 Å². The average molecular weight is 321 g/mol. The van der Waals surface area contributed by atoms with Gasteiger partial charge in [0.15, 0.2) is 0 Å². The minimum Gasteiger partial charge on any atom is -0.465 e. The summed E-state index contributed by atoms with van der Waals surface area (Å²) in [6.45, 7) is 1.57. The highest BCUT2D eigenvalue weighted by molar-refractivity contribution is 5.93. The molecular formula is C20H19NO3. The number of esters is 1. The van der Waals surface area contributed by atoms with Gasteiger partial charge in [0.05, 0.1) is 12.7 Å². The Bertz CT molecular complexity index is 880. The van der Waals surface area contributed by atoms with Crippen molar-refractivity contribution in [2.75, 3.05) is 7.11 Å². The summed E-state index contributed by atoms with van der Waals surface area (Å²) in [5.41, 5.74) is 3.19. The fourth-order valence-corrected chi connectivity index (χ4v) is 3.12. The first-order chi connectivity index (χ1) is 11.6. The lowest BCUT2D eigenvalue weighted by atomic mass is 9.89. The van der Waals surface area contributed by atoms with E-state index in [1.807, 2.05) is 65.2 Å². The van der Waals surface area contributed by atoms with Crippen LogP contribution in [0.3, 0.4) is 0 Å². The average Bonchev–Trinajstić information content (AvgIpc) is 2.99. The number of nitrogens with zero attached hydrogens (tertiary/aromatic N) is 1. The summed E-state index contributed by atoms with van der Waals surface area (Å²) in [4.78, 5) is 24.2. The topological polar surface area (TPSA) is 47.8 Å². The molecule has 0 N–H and O–H groups in total. The van der Waals surface area contributed by atoms with Crippen molar-refractivity contribution in [2.24, 2.45) is 0 Å². The molecular weight excluding hydrogens is 302 g/mol. The number of Topliss-reactive ketones (excluding diaryl/α,β-unsaturated/α-hetero) is 1. The Labute approximate surface area is 140 Å². The number of rotatable bonds is 5. The van der Waals surface area contributed by atoms with Gasteiger partial charge in [-0.2, -0.15) is 0 Å². The van der Waals surface area contributed by atoms with Crippen LogP contribution in [0.2, 0.25) is 0 Å². The van der Waals surface area contributed by atoms with E-state index in [2.05, 4.69) is 0 Å². The maximum Gasteiger partial charge on any atom is 0.339 e. The number of methoxy groups -OCH3 is 1. The van der Waals surface area contributed by atoms with E-state index in [-0.39, 0.29) is 11.7 Å². The minimum atomic E-state index is -0.391. The molecule has 0 radical (unpaired) electrons. The van der Waals surface area contributed by atoms with Gasteiger partial charge in [-0.05, 0) is 30.7 Å². The Hall–Kier alpha value is -2.88. The molecule has 122 valence electrons. The standard InChI is InChI=1S/C20H19NO3/c1-14(22)12-17(15-8-4-3-5-9-15)19-18(20(23)24-2)13-16-10-6-7-11-21(16)19/h3-11,13,17H,12H2,1-2H3/t17-/m0/s1. The van der Waals surface area contributed by atoms with Crippen molar-refractivity contribution >= 4 is 17.3 Å². The van der Waals surface area contributed by atoms with Crippen LogP contribution in [-0.4, -0.2) is 23.3 Å². The van der Waals surface area contributed by atoms with Crippen LogP contribution < -0.4 is 0 Å². The fourth-order valence-electron chi connectivity index (χ4n) is 3.12. The second kappa shape index (κ2) is 6.71. The lowest BCUT2D eigenvalue weighted by Gasteiger charge is -2.18. The predicted molar refractivity (Wildman–Crippen MR) is 92.3 cm³/mol. The van der Waals surface area contributed by atoms with E-state index >= 15 is 0 Å². The molecule has 4 heteroatoms. The summed E-state index contributed by atoms with van der Waals surface area (Å²) in [5, 5.41) is 0. The van der Waals surface area contributed by atoms with Crippen molar-refractivity contribution in [3.63, 3.8) is 0 Å². The number of benzene rings is 1. The van der Waals surface area contributed by atoms with E-state index in [0.717, 1.165) is 16.8 Å². The SMILES string of the molecule is COC(=O)c1cc2ccccn2c1[C@@H](CC(C)=O)c1ccccc1. The highest BCUT2D eigenvalue weighted by Gasteiger charge is 2.26. The van der Waals surface area contributed by atoms with Crippen molar-refractivity contribution in [3.05, 3.63) is 77.6 Å². The number of carbonyl (C=O) groups excluding carboxylic acids is 2. The number of hydrogen-bond acceptors (Lipinski definition) is 3. The van der Waals surface area contributed by atoms with Gasteiger partial charge in [-0.25, -0.2) is 4.79 Å². The fraction of sp³-hybridized carbons (Fsp3) is 0.200. The van der Waals surface area contributed by atoms with Gasteiger partial charge in [0.25, 0.3) is 0 Å². The number of ether oxygens (including phenoxy) is 1. The molecule has 0 aliphatic carbocycles. The van der Waals surface area contributed by atoms with Gasteiger partial charge in [-0.15, -0.1) is 0 Å². The third-order valence-electron chi connectivity index (χ3n) is 4.15. The third kappa shape index (κ3) is 2.95. The summed E-state index contributed by atoms with van der Waals surface area (Å²) >= 11 is 0. The van der Waals surface area contributed by atoms with Crippen molar-refractivity contribution in [2.45, 2.75) is 19.3 Å². The zero-order valence-electron chi connectivity index (χ0n) is 13.7. The Morgan fingerprint density at radius 1 is 1.08 bits per heavy atom. The predicted octanol–water partition coefficient (Wildman–Crippen LogP) is 3.84. The first kappa shape index (κ1) is 16.0. The smallest absolute Gasteiger partial charge is 0.339 e. The molecule has 2 heterocycles. The second-order valence-corrected chi connectivity index (χ2v) is 5.80. The molecule has 0 spiro atoms. The summed E-state index contributed by atoms with van der Waals surface area (Å²) in [5.74, 6) is -0.522. The minimum absolute atomic E-state index is 0.0746. The molecule has 0 fully saturated rings. The number of hydrogen-bond donors (Lipinski definition) is 0. The van der Waals surface area contributed by atoms with Gasteiger partial charge in [0, 0.05) is 29.7 Å². The molecule has 0 bridgehead atoms. The largest absolute Gasteiger partial charge is 0.465 e. The van der Waals surface area contributed by atoms with E-state index in [9.17, 15) is 9.59 Å². The lowest BCUT2D eigenvalue weighted by molar-refractivity contribution is -0.117. The summed E-state index contributed by atoms with van der Waals surface area (Å²) < 4.78 is 6.93. The Balaban J connectivity index is 2.26. The summed E-state index contributed by atoms with van der Waals surface area (Å²) in [6.07, 6.45) is 2.24. The third-order valence-corrected chi connectivity index (χ3v) is 4.15. The Kier molecular flexibility index (Phi) is 4.47. The van der Waals surface area contributed by atoms with Crippen LogP contribution in [0.15, 0.2) is 60.8 Å². The van der Waals surface area contributed by atoms with Gasteiger partial charge in [0.2, 0.25) is 0 Å². The zero-order chi connectivity index (χ0) is 17.1. The number of ketones is 1. The van der Waals surface area contributed by atoms with Gasteiger partial charge < -0.3 is 9.14 Å². The molecule has 0 saturated carbocycles. The van der Waals surface area contributed by atoms with Crippen LogP contribution in [0.5, 0.6) is 0 Å². The molecule has 0 unspecified atom stereocenters. The zero-order valence-corrected chi connectivity index (χ0v) is 13.7. The van der Waals surface area contributed by atoms with Crippen molar-refractivity contribution in [1.29, 1.82) is 0 Å². The number of aromatic nitrogens is 1. The first-order valence-electron chi connectivity index (χ1n) is 7.84. The first-order valence-corrected chi connectivity index (χ1v) is 7.84. The maximum atomic E-state index is 12.3. The van der Waals surface area contributed by atoms with Crippen LogP contribution in [0.25, 0.3) is 5.52 Å². The molecule has 1 atom stereocenters. The van der Waals surface area contributed by atoms with E-state index in [1.54, 1.807) is 6.92 Å². The van der Waals surface area contributed by atoms with Gasteiger partial charge in [-0.3, -0.25) is 4.79 Å². The lowest BCUT2D eigenvalue weighted by Crippen LogP contribution is -2.13. The van der Waals surface area contributed by atoms with Crippen molar-refractivity contribution in [3.8, 4) is 0 Å². The molecule has 3 rings (SSSR count). The Morgan fingerprint density at radius 2 is 1.79 bits per heavy atom. The Morgan fingerprint density at radius 3 is 2.46 bits per heavy atom. The molecule has 24 heavy (non-hydrogen) atoms. The van der Waals surface area contributed by atoms with Crippen molar-refractivity contribution < 1.29 is 14.3 Å². The molecule has 0 aliphatic rings. The molecule has 4 nitrogen and oxygen atoms in total. The quantitative estimate of drug-likeness (QED) is 0.671. The highest BCUT2D eigenvalue weighted by Crippen LogP contribution is 2.33. The van der Waals surface area contributed by atoms with E-state index in [1.165, 1.54) is 7.11 Å². The molecule has 3 aromatic rings. The number of pyridine rings is 1. The molecule has 0 amide bonds. The van der Waals surface area contributed by atoms with E-state index in [0.29, 0.717) is 12.0 Å². The molecule has 2 aromatic heterocycles. The van der Waals surface area contributed by atoms with Crippen LogP contribution in [0.4, 0.5) is 0 Å². The number of carbonyl (C=O) groups is 2. The second-order valence-electron chi connectivity index (χ2n) is 5.80. The van der Waals surface area contributed by atoms with E-state index in [4.69, 9.17) is 4.74 Å². The van der Waals surface area contributed by atoms with Crippen molar-refractivity contribution in [1.82, 2.24) is 4.40 Å². The normalized spacial score (nSPS) is 12.1. The number of fused-ring (bicyclic) bond motifs is 1. The summed E-state index contributed by atoms with van der Waals surface area (Å²) in [6, 6.07) is 17.4. The van der Waals surface area contributed by atoms with Gasteiger partial charge in [-0.1, -0.05) is 36.4 Å². The van der Waals surface area contributed by atoms with Crippen LogP contribution in [0, 0.1) is 0 Å². The highest BCUT2D eigenvalue weighted by atomic mass is 16.5. The molecule has 0 saturated heterocycles. The molecule has 1 aromatic carbocycles. The maximum absolute atomic E-state index is 12.3.